The number of hydrogen-bond acceptors (Lipinski definition) is 2. The lowest BCUT2D eigenvalue weighted by Gasteiger charge is -2.12. The summed E-state index contributed by atoms with van der Waals surface area (Å²) in [7, 11) is 0. The normalized spacial score (nSPS) is 10.3. The first kappa shape index (κ1) is 13.4. The van der Waals surface area contributed by atoms with Crippen molar-refractivity contribution >= 4 is 5.69 Å². The van der Waals surface area contributed by atoms with Crippen molar-refractivity contribution in [2.75, 3.05) is 5.32 Å². The van der Waals surface area contributed by atoms with Crippen LogP contribution >= 0.6 is 0 Å². The molecule has 2 heteroatoms. The standard InChI is InChI=1S/C19H18N2/c1-2-7-16(8-3-1)13-18-10-4-5-11-19(18)21-15-17-9-6-12-20-14-17/h1-12,14,21H,13,15H2. The molecule has 1 heterocycles. The molecule has 104 valence electrons. The van der Waals surface area contributed by atoms with E-state index < -0.39 is 0 Å². The number of aromatic nitrogens is 1. The number of benzene rings is 2. The van der Waals surface area contributed by atoms with E-state index in [1.54, 1.807) is 6.20 Å². The molecule has 0 aliphatic heterocycles. The number of para-hydroxylation sites is 1. The summed E-state index contributed by atoms with van der Waals surface area (Å²) in [6.07, 6.45) is 4.64. The fourth-order valence-corrected chi connectivity index (χ4v) is 2.36. The third-order valence-electron chi connectivity index (χ3n) is 3.46. The Bertz CT molecular complexity index is 678. The van der Waals surface area contributed by atoms with Crippen LogP contribution < -0.4 is 5.32 Å². The molecule has 3 aromatic rings. The van der Waals surface area contributed by atoms with Gasteiger partial charge in [0, 0.05) is 24.6 Å². The van der Waals surface area contributed by atoms with Crippen molar-refractivity contribution in [2.45, 2.75) is 13.0 Å². The molecule has 0 saturated heterocycles. The Morgan fingerprint density at radius 1 is 0.762 bits per heavy atom. The highest BCUT2D eigenvalue weighted by molar-refractivity contribution is 5.53. The molecule has 0 saturated carbocycles. The van der Waals surface area contributed by atoms with Crippen molar-refractivity contribution in [1.82, 2.24) is 4.98 Å². The van der Waals surface area contributed by atoms with Gasteiger partial charge >= 0.3 is 0 Å². The zero-order chi connectivity index (χ0) is 14.3. The lowest BCUT2D eigenvalue weighted by molar-refractivity contribution is 1.09. The zero-order valence-corrected chi connectivity index (χ0v) is 11.9. The fourth-order valence-electron chi connectivity index (χ4n) is 2.36. The average Bonchev–Trinajstić information content (AvgIpc) is 2.56. The van der Waals surface area contributed by atoms with Crippen molar-refractivity contribution in [1.29, 1.82) is 0 Å². The largest absolute Gasteiger partial charge is 0.381 e. The van der Waals surface area contributed by atoms with Crippen LogP contribution in [0.15, 0.2) is 79.1 Å². The van der Waals surface area contributed by atoms with Gasteiger partial charge in [-0.15, -0.1) is 0 Å². The van der Waals surface area contributed by atoms with E-state index in [1.807, 2.05) is 12.3 Å². The van der Waals surface area contributed by atoms with E-state index in [0.29, 0.717) is 0 Å². The topological polar surface area (TPSA) is 24.9 Å². The summed E-state index contributed by atoms with van der Waals surface area (Å²) >= 11 is 0. The van der Waals surface area contributed by atoms with Crippen LogP contribution in [0.25, 0.3) is 0 Å². The predicted molar refractivity (Wildman–Crippen MR) is 87.3 cm³/mol. The zero-order valence-electron chi connectivity index (χ0n) is 11.9. The van der Waals surface area contributed by atoms with Gasteiger partial charge in [0.05, 0.1) is 0 Å². The second kappa shape index (κ2) is 6.71. The molecule has 2 nitrogen and oxygen atoms in total. The number of nitrogens with zero attached hydrogens (tertiary/aromatic N) is 1. The minimum atomic E-state index is 0.791. The first-order valence-electron chi connectivity index (χ1n) is 7.16. The van der Waals surface area contributed by atoms with Gasteiger partial charge in [0.15, 0.2) is 0 Å². The first-order chi connectivity index (χ1) is 10.4. The molecule has 0 radical (unpaired) electrons. The Balaban J connectivity index is 1.73. The van der Waals surface area contributed by atoms with Crippen molar-refractivity contribution in [2.24, 2.45) is 0 Å². The van der Waals surface area contributed by atoms with Gasteiger partial charge in [0.1, 0.15) is 0 Å². The Hall–Kier alpha value is -2.61. The maximum atomic E-state index is 4.15. The van der Waals surface area contributed by atoms with E-state index >= 15 is 0 Å². The van der Waals surface area contributed by atoms with Crippen LogP contribution in [-0.4, -0.2) is 4.98 Å². The van der Waals surface area contributed by atoms with Crippen LogP contribution in [0, 0.1) is 0 Å². The third-order valence-corrected chi connectivity index (χ3v) is 3.46. The molecule has 21 heavy (non-hydrogen) atoms. The molecular formula is C19H18N2. The molecule has 0 atom stereocenters. The maximum absolute atomic E-state index is 4.15. The van der Waals surface area contributed by atoms with Gasteiger partial charge in [-0.05, 0) is 35.2 Å². The minimum Gasteiger partial charge on any atom is -0.381 e. The first-order valence-corrected chi connectivity index (χ1v) is 7.16. The van der Waals surface area contributed by atoms with Gasteiger partial charge in [-0.1, -0.05) is 54.6 Å². The smallest absolute Gasteiger partial charge is 0.0416 e. The highest BCUT2D eigenvalue weighted by atomic mass is 14.9. The van der Waals surface area contributed by atoms with Gasteiger partial charge in [0.25, 0.3) is 0 Å². The lowest BCUT2D eigenvalue weighted by Crippen LogP contribution is -2.03. The number of pyridine rings is 1. The lowest BCUT2D eigenvalue weighted by atomic mass is 10.0. The van der Waals surface area contributed by atoms with Crippen LogP contribution in [0.3, 0.4) is 0 Å². The number of rotatable bonds is 5. The molecule has 1 N–H and O–H groups in total. The summed E-state index contributed by atoms with van der Waals surface area (Å²) in [5, 5.41) is 3.51. The summed E-state index contributed by atoms with van der Waals surface area (Å²) in [6.45, 7) is 0.791. The maximum Gasteiger partial charge on any atom is 0.0416 e. The highest BCUT2D eigenvalue weighted by Crippen LogP contribution is 2.19. The van der Waals surface area contributed by atoms with Crippen molar-refractivity contribution in [3.8, 4) is 0 Å². The summed E-state index contributed by atoms with van der Waals surface area (Å²) in [6, 6.07) is 23.1. The Morgan fingerprint density at radius 3 is 2.33 bits per heavy atom. The molecule has 0 fully saturated rings. The summed E-state index contributed by atoms with van der Waals surface area (Å²) in [4.78, 5) is 4.15. The summed E-state index contributed by atoms with van der Waals surface area (Å²) in [5.41, 5.74) is 5.01. The summed E-state index contributed by atoms with van der Waals surface area (Å²) in [5.74, 6) is 0. The van der Waals surface area contributed by atoms with E-state index in [9.17, 15) is 0 Å². The molecule has 0 unspecified atom stereocenters. The fraction of sp³-hybridized carbons (Fsp3) is 0.105. The number of nitrogens with one attached hydrogen (secondary N) is 1. The highest BCUT2D eigenvalue weighted by Gasteiger charge is 2.02. The van der Waals surface area contributed by atoms with Gasteiger partial charge in [-0.2, -0.15) is 0 Å². The van der Waals surface area contributed by atoms with Crippen LogP contribution in [0.1, 0.15) is 16.7 Å². The van der Waals surface area contributed by atoms with Gasteiger partial charge in [0.2, 0.25) is 0 Å². The Morgan fingerprint density at radius 2 is 1.52 bits per heavy atom. The molecule has 0 bridgehead atoms. The van der Waals surface area contributed by atoms with Crippen molar-refractivity contribution < 1.29 is 0 Å². The minimum absolute atomic E-state index is 0.791. The van der Waals surface area contributed by atoms with Gasteiger partial charge in [-0.25, -0.2) is 0 Å². The van der Waals surface area contributed by atoms with E-state index in [-0.39, 0.29) is 0 Å². The van der Waals surface area contributed by atoms with Crippen molar-refractivity contribution in [3.05, 3.63) is 95.8 Å². The molecule has 0 spiro atoms. The number of anilines is 1. The molecule has 2 aromatic carbocycles. The van der Waals surface area contributed by atoms with Crippen LogP contribution in [-0.2, 0) is 13.0 Å². The second-order valence-electron chi connectivity index (χ2n) is 5.03. The molecule has 1 aromatic heterocycles. The Kier molecular flexibility index (Phi) is 4.27. The van der Waals surface area contributed by atoms with Crippen LogP contribution in [0.2, 0.25) is 0 Å². The predicted octanol–water partition coefficient (Wildman–Crippen LogP) is 4.28. The van der Waals surface area contributed by atoms with Gasteiger partial charge < -0.3 is 5.32 Å². The second-order valence-corrected chi connectivity index (χ2v) is 5.03. The SMILES string of the molecule is c1ccc(Cc2ccccc2NCc2cccnc2)cc1. The third kappa shape index (κ3) is 3.69. The van der Waals surface area contributed by atoms with Crippen LogP contribution in [0.4, 0.5) is 5.69 Å². The average molecular weight is 274 g/mol. The summed E-state index contributed by atoms with van der Waals surface area (Å²) < 4.78 is 0. The monoisotopic (exact) mass is 274 g/mol. The number of hydrogen-bond donors (Lipinski definition) is 1. The van der Waals surface area contributed by atoms with Crippen LogP contribution in [0.5, 0.6) is 0 Å². The molecular weight excluding hydrogens is 256 g/mol. The van der Waals surface area contributed by atoms with E-state index in [1.165, 1.54) is 22.4 Å². The van der Waals surface area contributed by atoms with E-state index in [2.05, 4.69) is 71.0 Å². The molecule has 3 rings (SSSR count). The van der Waals surface area contributed by atoms with E-state index in [0.717, 1.165) is 13.0 Å². The van der Waals surface area contributed by atoms with Gasteiger partial charge in [-0.3, -0.25) is 4.98 Å². The van der Waals surface area contributed by atoms with Crippen molar-refractivity contribution in [3.63, 3.8) is 0 Å². The molecule has 0 aliphatic carbocycles. The van der Waals surface area contributed by atoms with E-state index in [4.69, 9.17) is 0 Å². The molecule has 0 aliphatic rings. The molecule has 0 amide bonds. The Labute approximate surface area is 125 Å². The quantitative estimate of drug-likeness (QED) is 0.751.